The number of anilines is 3. The minimum Gasteiger partial charge on any atom is -0.406 e. The molecule has 0 bridgehead atoms. The van der Waals surface area contributed by atoms with Gasteiger partial charge in [0.2, 0.25) is 5.95 Å². The largest absolute Gasteiger partial charge is 0.573 e. The molecule has 2 aromatic carbocycles. The number of alkyl halides is 3. The first-order valence-corrected chi connectivity index (χ1v) is 12.3. The van der Waals surface area contributed by atoms with Gasteiger partial charge in [-0.2, -0.15) is 4.98 Å². The third kappa shape index (κ3) is 5.52. The molecular formula is C25H24F3N5O2S. The molecule has 2 atom stereocenters. The van der Waals surface area contributed by atoms with Crippen molar-refractivity contribution in [3.8, 4) is 16.3 Å². The van der Waals surface area contributed by atoms with E-state index < -0.39 is 6.36 Å². The zero-order valence-electron chi connectivity index (χ0n) is 19.3. The van der Waals surface area contributed by atoms with Crippen molar-refractivity contribution in [3.63, 3.8) is 0 Å². The van der Waals surface area contributed by atoms with Gasteiger partial charge < -0.3 is 20.5 Å². The Balaban J connectivity index is 1.50. The molecule has 0 radical (unpaired) electrons. The van der Waals surface area contributed by atoms with Crippen LogP contribution in [0, 0.1) is 12.8 Å². The van der Waals surface area contributed by atoms with Gasteiger partial charge in [0.15, 0.2) is 0 Å². The Morgan fingerprint density at radius 3 is 2.67 bits per heavy atom. The predicted octanol–water partition coefficient (Wildman–Crippen LogP) is 6.28. The number of aromatic nitrogens is 3. The molecule has 7 nitrogen and oxygen atoms in total. The molecule has 2 aromatic heterocycles. The van der Waals surface area contributed by atoms with Gasteiger partial charge in [0.25, 0.3) is 0 Å². The number of fused-ring (bicyclic) bond motifs is 1. The average Bonchev–Trinajstić information content (AvgIpc) is 3.44. The van der Waals surface area contributed by atoms with Gasteiger partial charge in [-0.1, -0.05) is 18.2 Å². The number of nitrogens with one attached hydrogen (secondary N) is 2. The summed E-state index contributed by atoms with van der Waals surface area (Å²) >= 11 is 1.54. The Bertz CT molecular complexity index is 1340. The molecule has 36 heavy (non-hydrogen) atoms. The van der Waals surface area contributed by atoms with E-state index in [1.807, 2.05) is 31.2 Å². The smallest absolute Gasteiger partial charge is 0.406 e. The van der Waals surface area contributed by atoms with Gasteiger partial charge in [-0.15, -0.1) is 24.5 Å². The molecule has 188 valence electrons. The lowest BCUT2D eigenvalue weighted by Gasteiger charge is -2.18. The molecule has 2 heterocycles. The molecule has 3 N–H and O–H groups in total. The zero-order valence-corrected chi connectivity index (χ0v) is 20.2. The Morgan fingerprint density at radius 2 is 1.92 bits per heavy atom. The van der Waals surface area contributed by atoms with Gasteiger partial charge in [0.1, 0.15) is 16.6 Å². The number of hydrogen-bond donors (Lipinski definition) is 3. The van der Waals surface area contributed by atoms with E-state index in [-0.39, 0.29) is 30.3 Å². The van der Waals surface area contributed by atoms with Crippen molar-refractivity contribution in [1.29, 1.82) is 0 Å². The number of aliphatic hydroxyl groups is 1. The Morgan fingerprint density at radius 1 is 1.08 bits per heavy atom. The fourth-order valence-corrected chi connectivity index (χ4v) is 5.50. The highest BCUT2D eigenvalue weighted by molar-refractivity contribution is 7.21. The summed E-state index contributed by atoms with van der Waals surface area (Å²) in [5.74, 6) is 0.732. The van der Waals surface area contributed by atoms with Crippen LogP contribution in [0.1, 0.15) is 25.0 Å². The number of thiazole rings is 1. The van der Waals surface area contributed by atoms with Crippen LogP contribution in [0.4, 0.5) is 30.6 Å². The summed E-state index contributed by atoms with van der Waals surface area (Å²) in [6.07, 6.45) is -2.15. The maximum atomic E-state index is 12.6. The monoisotopic (exact) mass is 515 g/mol. The van der Waals surface area contributed by atoms with Gasteiger partial charge in [0, 0.05) is 24.4 Å². The standard InChI is InChI=1S/C25H24F3N5O2S/c1-14-21(23-32-19-7-2-3-8-20(19)36-23)22(30-17-10-9-15(11-17)13-34)33-24(29-14)31-16-5-4-6-18(12-16)35-25(26,27)28/h2-8,12,15,17,34H,9-11,13H2,1H3,(H2,29,30,31,33)/t15-,17+/m1/s1. The lowest BCUT2D eigenvalue weighted by atomic mass is 10.1. The summed E-state index contributed by atoms with van der Waals surface area (Å²) in [5.41, 5.74) is 2.70. The number of benzene rings is 2. The Hall–Kier alpha value is -3.44. The van der Waals surface area contributed by atoms with Crippen LogP contribution in [0.5, 0.6) is 5.75 Å². The molecule has 0 saturated heterocycles. The first kappa shape index (κ1) is 24.3. The lowest BCUT2D eigenvalue weighted by Crippen LogP contribution is -2.19. The molecule has 5 rings (SSSR count). The number of nitrogens with zero attached hydrogens (tertiary/aromatic N) is 3. The van der Waals surface area contributed by atoms with Crippen LogP contribution in [0.3, 0.4) is 0 Å². The average molecular weight is 516 g/mol. The summed E-state index contributed by atoms with van der Waals surface area (Å²) in [7, 11) is 0. The number of para-hydroxylation sites is 1. The van der Waals surface area contributed by atoms with E-state index in [9.17, 15) is 18.3 Å². The second kappa shape index (κ2) is 9.90. The van der Waals surface area contributed by atoms with E-state index in [2.05, 4.69) is 20.4 Å². The quantitative estimate of drug-likeness (QED) is 0.267. The van der Waals surface area contributed by atoms with Crippen LogP contribution in [0.2, 0.25) is 0 Å². The Labute approximate surface area is 209 Å². The van der Waals surface area contributed by atoms with Gasteiger partial charge in [-0.3, -0.25) is 0 Å². The molecule has 0 amide bonds. The highest BCUT2D eigenvalue weighted by Crippen LogP contribution is 2.38. The second-order valence-electron chi connectivity index (χ2n) is 8.75. The summed E-state index contributed by atoms with van der Waals surface area (Å²) in [4.78, 5) is 14.1. The zero-order chi connectivity index (χ0) is 25.3. The molecule has 0 unspecified atom stereocenters. The maximum Gasteiger partial charge on any atom is 0.573 e. The molecule has 1 fully saturated rings. The number of aliphatic hydroxyl groups excluding tert-OH is 1. The van der Waals surface area contributed by atoms with Crippen molar-refractivity contribution < 1.29 is 23.0 Å². The first-order valence-electron chi connectivity index (χ1n) is 11.5. The van der Waals surface area contributed by atoms with Crippen molar-refractivity contribution in [3.05, 3.63) is 54.2 Å². The topological polar surface area (TPSA) is 92.2 Å². The van der Waals surface area contributed by atoms with Crippen molar-refractivity contribution in [2.75, 3.05) is 17.2 Å². The van der Waals surface area contributed by atoms with Crippen LogP contribution < -0.4 is 15.4 Å². The maximum absolute atomic E-state index is 12.6. The summed E-state index contributed by atoms with van der Waals surface area (Å²) in [6.45, 7) is 2.00. The van der Waals surface area contributed by atoms with E-state index in [1.54, 1.807) is 17.4 Å². The van der Waals surface area contributed by atoms with Crippen molar-refractivity contribution in [2.24, 2.45) is 5.92 Å². The third-order valence-corrected chi connectivity index (χ3v) is 7.12. The van der Waals surface area contributed by atoms with E-state index >= 15 is 0 Å². The molecular weight excluding hydrogens is 491 g/mol. The summed E-state index contributed by atoms with van der Waals surface area (Å²) in [5, 5.41) is 16.8. The van der Waals surface area contributed by atoms with Crippen LogP contribution in [0.25, 0.3) is 20.8 Å². The third-order valence-electron chi connectivity index (χ3n) is 6.06. The minimum absolute atomic E-state index is 0.126. The molecule has 0 spiro atoms. The fraction of sp³-hybridized carbons (Fsp3) is 0.320. The lowest BCUT2D eigenvalue weighted by molar-refractivity contribution is -0.274. The first-order chi connectivity index (χ1) is 17.3. The normalized spacial score (nSPS) is 17.9. The highest BCUT2D eigenvalue weighted by atomic mass is 32.1. The molecule has 11 heteroatoms. The Kier molecular flexibility index (Phi) is 6.67. The second-order valence-corrected chi connectivity index (χ2v) is 9.78. The number of rotatable bonds is 7. The van der Waals surface area contributed by atoms with Crippen LogP contribution >= 0.6 is 11.3 Å². The molecule has 4 aromatic rings. The van der Waals surface area contributed by atoms with Crippen LogP contribution in [-0.4, -0.2) is 39.1 Å². The SMILES string of the molecule is Cc1nc(Nc2cccc(OC(F)(F)F)c2)nc(N[C@H]2CC[C@@H](CO)C2)c1-c1nc2ccccc2s1. The van der Waals surface area contributed by atoms with Gasteiger partial charge >= 0.3 is 6.36 Å². The van der Waals surface area contributed by atoms with E-state index in [0.29, 0.717) is 17.2 Å². The summed E-state index contributed by atoms with van der Waals surface area (Å²) in [6, 6.07) is 13.5. The molecule has 1 aliphatic rings. The van der Waals surface area contributed by atoms with Crippen LogP contribution in [0.15, 0.2) is 48.5 Å². The number of hydrogen-bond acceptors (Lipinski definition) is 8. The highest BCUT2D eigenvalue weighted by Gasteiger charge is 2.31. The van der Waals surface area contributed by atoms with E-state index in [4.69, 9.17) is 9.97 Å². The summed E-state index contributed by atoms with van der Waals surface area (Å²) < 4.78 is 43.0. The van der Waals surface area contributed by atoms with Gasteiger partial charge in [-0.25, -0.2) is 9.97 Å². The predicted molar refractivity (Wildman–Crippen MR) is 134 cm³/mol. The van der Waals surface area contributed by atoms with Gasteiger partial charge in [0.05, 0.1) is 21.5 Å². The number of ether oxygens (including phenoxy) is 1. The molecule has 1 saturated carbocycles. The van der Waals surface area contributed by atoms with Crippen molar-refractivity contribution >= 4 is 39.0 Å². The number of halogens is 3. The number of aryl methyl sites for hydroxylation is 1. The van der Waals surface area contributed by atoms with E-state index in [0.717, 1.165) is 40.1 Å². The van der Waals surface area contributed by atoms with Crippen LogP contribution in [-0.2, 0) is 0 Å². The fourth-order valence-electron chi connectivity index (χ4n) is 4.43. The molecule has 1 aliphatic carbocycles. The van der Waals surface area contributed by atoms with Crippen molar-refractivity contribution in [1.82, 2.24) is 15.0 Å². The minimum atomic E-state index is -4.78. The van der Waals surface area contributed by atoms with E-state index in [1.165, 1.54) is 18.2 Å². The van der Waals surface area contributed by atoms with Crippen molar-refractivity contribution in [2.45, 2.75) is 38.6 Å². The molecule has 0 aliphatic heterocycles. The van der Waals surface area contributed by atoms with Gasteiger partial charge in [-0.05, 0) is 56.4 Å².